The highest BCUT2D eigenvalue weighted by Crippen LogP contribution is 2.49. The van der Waals surface area contributed by atoms with Gasteiger partial charge in [-0.05, 0) is 43.4 Å². The largest absolute Gasteiger partial charge is 0.381 e. The third-order valence-corrected chi connectivity index (χ3v) is 5.80. The van der Waals surface area contributed by atoms with E-state index >= 15 is 0 Å². The SMILES string of the molecule is CC(F)(F)Nc1ccc2c(c1)C1OCCC1C(C1CCCCC1)N2. The lowest BCUT2D eigenvalue weighted by Gasteiger charge is -2.42. The van der Waals surface area contributed by atoms with Gasteiger partial charge in [-0.25, -0.2) is 0 Å². The maximum atomic E-state index is 13.3. The van der Waals surface area contributed by atoms with Gasteiger partial charge in [-0.3, -0.25) is 0 Å². The highest BCUT2D eigenvalue weighted by Gasteiger charge is 2.44. The molecule has 3 unspecified atom stereocenters. The van der Waals surface area contributed by atoms with Gasteiger partial charge in [0.2, 0.25) is 0 Å². The quantitative estimate of drug-likeness (QED) is 0.748. The van der Waals surface area contributed by atoms with Gasteiger partial charge in [0.05, 0.1) is 6.10 Å². The highest BCUT2D eigenvalue weighted by molar-refractivity contribution is 5.63. The number of hydrogen-bond donors (Lipinski definition) is 2. The van der Waals surface area contributed by atoms with Gasteiger partial charge in [0, 0.05) is 42.4 Å². The summed E-state index contributed by atoms with van der Waals surface area (Å²) >= 11 is 0. The summed E-state index contributed by atoms with van der Waals surface area (Å²) in [6, 6.07) is 3.03. The van der Waals surface area contributed by atoms with Gasteiger partial charge in [0.25, 0.3) is 0 Å². The van der Waals surface area contributed by atoms with Crippen LogP contribution in [-0.2, 0) is 4.74 Å². The molecule has 4 rings (SSSR count). The summed E-state index contributed by atoms with van der Waals surface area (Å²) < 4.78 is 32.5. The van der Waals surface area contributed by atoms with E-state index in [4.69, 9.17) is 4.74 Å². The van der Waals surface area contributed by atoms with Crippen LogP contribution in [0.15, 0.2) is 18.2 Å². The van der Waals surface area contributed by atoms with Crippen molar-refractivity contribution in [3.05, 3.63) is 23.8 Å². The minimum atomic E-state index is -2.92. The Morgan fingerprint density at radius 3 is 2.71 bits per heavy atom. The van der Waals surface area contributed by atoms with Crippen LogP contribution in [0, 0.1) is 11.8 Å². The first kappa shape index (κ1) is 16.1. The zero-order valence-electron chi connectivity index (χ0n) is 14.2. The number of alkyl halides is 2. The van der Waals surface area contributed by atoms with E-state index in [-0.39, 0.29) is 6.10 Å². The second-order valence-corrected chi connectivity index (χ2v) is 7.63. The van der Waals surface area contributed by atoms with Gasteiger partial charge in [-0.2, -0.15) is 8.78 Å². The average molecular weight is 336 g/mol. The normalized spacial score (nSPS) is 30.4. The van der Waals surface area contributed by atoms with Gasteiger partial charge in [-0.1, -0.05) is 19.3 Å². The second kappa shape index (κ2) is 6.17. The molecule has 1 aromatic carbocycles. The summed E-state index contributed by atoms with van der Waals surface area (Å²) in [7, 11) is 0. The molecule has 2 aliphatic heterocycles. The molecule has 1 aromatic rings. The molecule has 3 atom stereocenters. The third kappa shape index (κ3) is 3.10. The fraction of sp³-hybridized carbons (Fsp3) is 0.684. The fourth-order valence-corrected chi connectivity index (χ4v) is 4.80. The Kier molecular flexibility index (Phi) is 4.15. The molecular formula is C19H26F2N2O. The Bertz CT molecular complexity index is 596. The Balaban J connectivity index is 1.62. The van der Waals surface area contributed by atoms with E-state index in [0.29, 0.717) is 23.6 Å². The number of halogens is 2. The summed E-state index contributed by atoms with van der Waals surface area (Å²) in [4.78, 5) is 0. The first-order valence-electron chi connectivity index (χ1n) is 9.19. The summed E-state index contributed by atoms with van der Waals surface area (Å²) in [6.07, 6.45) is 7.67. The molecule has 2 N–H and O–H groups in total. The van der Waals surface area contributed by atoms with Crippen molar-refractivity contribution in [3.63, 3.8) is 0 Å². The zero-order chi connectivity index (χ0) is 16.7. The summed E-state index contributed by atoms with van der Waals surface area (Å²) in [5.74, 6) is 1.16. The fourth-order valence-electron chi connectivity index (χ4n) is 4.80. The molecule has 3 nitrogen and oxygen atoms in total. The van der Waals surface area contributed by atoms with Crippen molar-refractivity contribution >= 4 is 11.4 Å². The van der Waals surface area contributed by atoms with Crippen LogP contribution in [0.3, 0.4) is 0 Å². The lowest BCUT2D eigenvalue weighted by molar-refractivity contribution is 0.0541. The smallest absolute Gasteiger partial charge is 0.320 e. The molecule has 1 saturated carbocycles. The number of fused-ring (bicyclic) bond motifs is 3. The van der Waals surface area contributed by atoms with Crippen molar-refractivity contribution in [1.82, 2.24) is 0 Å². The van der Waals surface area contributed by atoms with Gasteiger partial charge in [0.15, 0.2) is 0 Å². The molecule has 5 heteroatoms. The molecule has 0 radical (unpaired) electrons. The predicted molar refractivity (Wildman–Crippen MR) is 91.5 cm³/mol. The van der Waals surface area contributed by atoms with Crippen LogP contribution < -0.4 is 10.6 Å². The minimum absolute atomic E-state index is 0.0420. The second-order valence-electron chi connectivity index (χ2n) is 7.63. The molecule has 0 spiro atoms. The summed E-state index contributed by atoms with van der Waals surface area (Å²) in [5.41, 5.74) is 2.53. The van der Waals surface area contributed by atoms with Crippen molar-refractivity contribution < 1.29 is 13.5 Å². The number of benzene rings is 1. The average Bonchev–Trinajstić information content (AvgIpc) is 3.03. The van der Waals surface area contributed by atoms with E-state index < -0.39 is 6.05 Å². The minimum Gasteiger partial charge on any atom is -0.381 e. The van der Waals surface area contributed by atoms with E-state index in [0.717, 1.165) is 31.2 Å². The van der Waals surface area contributed by atoms with E-state index in [2.05, 4.69) is 10.6 Å². The van der Waals surface area contributed by atoms with E-state index in [1.54, 1.807) is 6.07 Å². The van der Waals surface area contributed by atoms with Crippen molar-refractivity contribution in [2.24, 2.45) is 11.8 Å². The van der Waals surface area contributed by atoms with Crippen LogP contribution >= 0.6 is 0 Å². The molecule has 0 aromatic heterocycles. The van der Waals surface area contributed by atoms with E-state index in [1.807, 2.05) is 12.1 Å². The lowest BCUT2D eigenvalue weighted by Crippen LogP contribution is -2.42. The number of anilines is 2. The monoisotopic (exact) mass is 336 g/mol. The predicted octanol–water partition coefficient (Wildman–Crippen LogP) is 5.16. The molecule has 0 bridgehead atoms. The standard InChI is InChI=1S/C19H26F2N2O/c1-19(20,21)23-13-7-8-16-15(11-13)18-14(9-10-24-18)17(22-16)12-5-3-2-4-6-12/h7-8,11-12,14,17-18,22-23H,2-6,9-10H2,1H3. The Morgan fingerprint density at radius 2 is 1.96 bits per heavy atom. The molecule has 132 valence electrons. The number of ether oxygens (including phenoxy) is 1. The van der Waals surface area contributed by atoms with Gasteiger partial charge < -0.3 is 15.4 Å². The third-order valence-electron chi connectivity index (χ3n) is 5.80. The Labute approximate surface area is 142 Å². The van der Waals surface area contributed by atoms with Crippen LogP contribution in [0.2, 0.25) is 0 Å². The molecule has 3 aliphatic rings. The maximum absolute atomic E-state index is 13.3. The van der Waals surface area contributed by atoms with Gasteiger partial charge in [0.1, 0.15) is 0 Å². The number of hydrogen-bond acceptors (Lipinski definition) is 3. The summed E-state index contributed by atoms with van der Waals surface area (Å²) in [5, 5.41) is 6.00. The summed E-state index contributed by atoms with van der Waals surface area (Å²) in [6.45, 7) is 1.64. The van der Waals surface area contributed by atoms with Gasteiger partial charge >= 0.3 is 6.05 Å². The van der Waals surface area contributed by atoms with Crippen molar-refractivity contribution in [2.45, 2.75) is 63.6 Å². The molecule has 1 saturated heterocycles. The van der Waals surface area contributed by atoms with E-state index in [1.165, 1.54) is 32.1 Å². The lowest BCUT2D eigenvalue weighted by atomic mass is 9.73. The van der Waals surface area contributed by atoms with Crippen molar-refractivity contribution in [2.75, 3.05) is 17.2 Å². The maximum Gasteiger partial charge on any atom is 0.320 e. The van der Waals surface area contributed by atoms with Crippen LogP contribution in [0.25, 0.3) is 0 Å². The topological polar surface area (TPSA) is 33.3 Å². The first-order chi connectivity index (χ1) is 11.5. The Hall–Kier alpha value is -1.36. The van der Waals surface area contributed by atoms with Crippen LogP contribution in [0.5, 0.6) is 0 Å². The molecule has 2 heterocycles. The molecule has 0 amide bonds. The first-order valence-corrected chi connectivity index (χ1v) is 9.19. The van der Waals surface area contributed by atoms with Crippen LogP contribution in [0.1, 0.15) is 57.1 Å². The van der Waals surface area contributed by atoms with E-state index in [9.17, 15) is 8.78 Å². The zero-order valence-corrected chi connectivity index (χ0v) is 14.2. The number of nitrogens with one attached hydrogen (secondary N) is 2. The molecule has 1 aliphatic carbocycles. The van der Waals surface area contributed by atoms with Crippen molar-refractivity contribution in [1.29, 1.82) is 0 Å². The molecule has 2 fully saturated rings. The van der Waals surface area contributed by atoms with Gasteiger partial charge in [-0.15, -0.1) is 0 Å². The highest BCUT2D eigenvalue weighted by atomic mass is 19.3. The van der Waals surface area contributed by atoms with Crippen molar-refractivity contribution in [3.8, 4) is 0 Å². The van der Waals surface area contributed by atoms with Crippen LogP contribution in [0.4, 0.5) is 20.2 Å². The Morgan fingerprint density at radius 1 is 1.17 bits per heavy atom. The molecule has 24 heavy (non-hydrogen) atoms. The molecular weight excluding hydrogens is 310 g/mol. The number of rotatable bonds is 3. The van der Waals surface area contributed by atoms with Crippen LogP contribution in [-0.4, -0.2) is 18.7 Å².